The molecule has 0 unspecified atom stereocenters. The van der Waals surface area contributed by atoms with Gasteiger partial charge in [0.2, 0.25) is 5.91 Å². The van der Waals surface area contributed by atoms with E-state index in [1.54, 1.807) is 0 Å². The van der Waals surface area contributed by atoms with Crippen LogP contribution < -0.4 is 10.6 Å². The molecule has 2 aromatic carbocycles. The molecule has 7 nitrogen and oxygen atoms in total. The van der Waals surface area contributed by atoms with E-state index in [-0.39, 0.29) is 30.8 Å². The number of carboxylic acid groups (broad SMARTS) is 1. The van der Waals surface area contributed by atoms with Gasteiger partial charge in [0.15, 0.2) is 0 Å². The van der Waals surface area contributed by atoms with Crippen molar-refractivity contribution in [2.75, 3.05) is 13.2 Å². The van der Waals surface area contributed by atoms with Crippen molar-refractivity contribution < 1.29 is 24.2 Å². The van der Waals surface area contributed by atoms with Crippen LogP contribution in [0, 0.1) is 11.8 Å². The summed E-state index contributed by atoms with van der Waals surface area (Å²) < 4.78 is 5.65. The highest BCUT2D eigenvalue weighted by Crippen LogP contribution is 2.44. The second kappa shape index (κ2) is 9.72. The first-order valence-electron chi connectivity index (χ1n) is 12.6. The Morgan fingerprint density at radius 2 is 1.57 bits per heavy atom. The molecule has 0 saturated heterocycles. The lowest BCUT2D eigenvalue weighted by Gasteiger charge is -2.28. The number of alkyl carbamates (subject to hydrolysis) is 1. The van der Waals surface area contributed by atoms with Crippen molar-refractivity contribution in [3.63, 3.8) is 0 Å². The third-order valence-corrected chi connectivity index (χ3v) is 7.85. The molecule has 0 aromatic heterocycles. The fourth-order valence-corrected chi connectivity index (χ4v) is 5.74. The van der Waals surface area contributed by atoms with E-state index < -0.39 is 23.5 Å². The topological polar surface area (TPSA) is 105 Å². The number of nitrogens with one attached hydrogen (secondary N) is 2. The van der Waals surface area contributed by atoms with Gasteiger partial charge in [-0.2, -0.15) is 0 Å². The van der Waals surface area contributed by atoms with E-state index in [0.717, 1.165) is 43.2 Å². The van der Waals surface area contributed by atoms with Crippen molar-refractivity contribution in [3.05, 3.63) is 59.7 Å². The maximum Gasteiger partial charge on any atom is 0.407 e. The number of ether oxygens (including phenoxy) is 1. The van der Waals surface area contributed by atoms with E-state index in [0.29, 0.717) is 13.0 Å². The molecule has 2 atom stereocenters. The van der Waals surface area contributed by atoms with E-state index in [4.69, 9.17) is 4.74 Å². The monoisotopic (exact) mass is 476 g/mol. The largest absolute Gasteiger partial charge is 0.481 e. The van der Waals surface area contributed by atoms with Gasteiger partial charge in [-0.05, 0) is 53.9 Å². The number of rotatable bonds is 8. The zero-order valence-electron chi connectivity index (χ0n) is 19.8. The zero-order valence-corrected chi connectivity index (χ0v) is 19.8. The Balaban J connectivity index is 1.12. The van der Waals surface area contributed by atoms with Crippen LogP contribution in [0.2, 0.25) is 0 Å². The summed E-state index contributed by atoms with van der Waals surface area (Å²) in [6.45, 7) is 0.608. The highest BCUT2D eigenvalue weighted by Gasteiger charge is 2.46. The summed E-state index contributed by atoms with van der Waals surface area (Å²) in [5, 5.41) is 15.3. The third kappa shape index (κ3) is 5.04. The quantitative estimate of drug-likeness (QED) is 0.522. The van der Waals surface area contributed by atoms with Crippen LogP contribution in [0.1, 0.15) is 62.0 Å². The smallest absolute Gasteiger partial charge is 0.407 e. The van der Waals surface area contributed by atoms with Crippen LogP contribution in [-0.4, -0.2) is 41.8 Å². The predicted octanol–water partition coefficient (Wildman–Crippen LogP) is 4.46. The number of carbonyl (C=O) groups excluding carboxylic acids is 2. The summed E-state index contributed by atoms with van der Waals surface area (Å²) in [5.74, 6) is -1.37. The van der Waals surface area contributed by atoms with Gasteiger partial charge in [-0.3, -0.25) is 9.59 Å². The van der Waals surface area contributed by atoms with Crippen molar-refractivity contribution in [1.82, 2.24) is 10.6 Å². The Morgan fingerprint density at radius 3 is 2.20 bits per heavy atom. The maximum absolute atomic E-state index is 12.7. The standard InChI is InChI=1S/C28H32N2O5/c31-25(29-16-18-7-1-2-8-19(18)26(32)33)15-28(13-14-28)30-27(34)35-17-24-22-11-5-3-9-20(22)21-10-4-6-12-23(21)24/h3-6,9-12,18-19,24H,1-2,7-8,13-17H2,(H,29,31)(H,30,34)(H,32,33)/t18-,19-/m1/s1. The van der Waals surface area contributed by atoms with Gasteiger partial charge in [0.05, 0.1) is 11.5 Å². The number of benzene rings is 2. The average Bonchev–Trinajstić information content (AvgIpc) is 3.53. The summed E-state index contributed by atoms with van der Waals surface area (Å²) in [6, 6.07) is 16.4. The van der Waals surface area contributed by atoms with Crippen LogP contribution >= 0.6 is 0 Å². The number of fused-ring (bicyclic) bond motifs is 3. The summed E-state index contributed by atoms with van der Waals surface area (Å²) in [4.78, 5) is 36.7. The van der Waals surface area contributed by atoms with Crippen LogP contribution in [0.4, 0.5) is 4.79 Å². The van der Waals surface area contributed by atoms with E-state index in [1.807, 2.05) is 24.3 Å². The number of amides is 2. The van der Waals surface area contributed by atoms with Gasteiger partial charge in [-0.25, -0.2) is 4.79 Å². The molecule has 2 aromatic rings. The first-order valence-corrected chi connectivity index (χ1v) is 12.6. The van der Waals surface area contributed by atoms with Gasteiger partial charge in [0.1, 0.15) is 6.61 Å². The van der Waals surface area contributed by atoms with E-state index >= 15 is 0 Å². The molecule has 0 spiro atoms. The minimum Gasteiger partial charge on any atom is -0.481 e. The Labute approximate surface area is 205 Å². The molecule has 184 valence electrons. The molecule has 0 bridgehead atoms. The zero-order chi connectivity index (χ0) is 24.4. The molecule has 2 fully saturated rings. The fourth-order valence-electron chi connectivity index (χ4n) is 5.74. The number of hydrogen-bond donors (Lipinski definition) is 3. The summed E-state index contributed by atoms with van der Waals surface area (Å²) >= 11 is 0. The molecule has 0 radical (unpaired) electrons. The number of carbonyl (C=O) groups is 3. The van der Waals surface area contributed by atoms with Crippen LogP contribution in [0.3, 0.4) is 0 Å². The van der Waals surface area contributed by atoms with E-state index in [9.17, 15) is 19.5 Å². The summed E-state index contributed by atoms with van der Waals surface area (Å²) in [7, 11) is 0. The van der Waals surface area contributed by atoms with Crippen molar-refractivity contribution in [3.8, 4) is 11.1 Å². The minimum atomic E-state index is -0.778. The molecular formula is C28H32N2O5. The molecule has 5 rings (SSSR count). The average molecular weight is 477 g/mol. The third-order valence-electron chi connectivity index (χ3n) is 7.85. The second-order valence-corrected chi connectivity index (χ2v) is 10.2. The summed E-state index contributed by atoms with van der Waals surface area (Å²) in [6.07, 6.45) is 4.55. The number of aliphatic carboxylic acids is 1. The molecule has 3 aliphatic rings. The first kappa shape index (κ1) is 23.4. The van der Waals surface area contributed by atoms with Gasteiger partial charge >= 0.3 is 12.1 Å². The lowest BCUT2D eigenvalue weighted by Crippen LogP contribution is -2.43. The lowest BCUT2D eigenvalue weighted by atomic mass is 9.79. The van der Waals surface area contributed by atoms with Gasteiger partial charge in [0.25, 0.3) is 0 Å². The van der Waals surface area contributed by atoms with Gasteiger partial charge < -0.3 is 20.5 Å². The highest BCUT2D eigenvalue weighted by atomic mass is 16.5. The summed E-state index contributed by atoms with van der Waals surface area (Å²) in [5.41, 5.74) is 4.10. The van der Waals surface area contributed by atoms with Gasteiger partial charge in [-0.1, -0.05) is 61.4 Å². The molecule has 0 heterocycles. The van der Waals surface area contributed by atoms with Crippen molar-refractivity contribution >= 4 is 18.0 Å². The molecule has 2 saturated carbocycles. The fraction of sp³-hybridized carbons (Fsp3) is 0.464. The van der Waals surface area contributed by atoms with E-state index in [2.05, 4.69) is 34.9 Å². The molecule has 3 aliphatic carbocycles. The van der Waals surface area contributed by atoms with Gasteiger partial charge in [0, 0.05) is 18.9 Å². The lowest BCUT2D eigenvalue weighted by molar-refractivity contribution is -0.145. The van der Waals surface area contributed by atoms with Crippen molar-refractivity contribution in [2.45, 2.75) is 56.4 Å². The second-order valence-electron chi connectivity index (χ2n) is 10.2. The normalized spacial score (nSPS) is 21.9. The highest BCUT2D eigenvalue weighted by molar-refractivity contribution is 5.80. The van der Waals surface area contributed by atoms with Crippen molar-refractivity contribution in [1.29, 1.82) is 0 Å². The Bertz CT molecular complexity index is 1080. The maximum atomic E-state index is 12.7. The number of hydrogen-bond acceptors (Lipinski definition) is 4. The first-order chi connectivity index (χ1) is 17.0. The Morgan fingerprint density at radius 1 is 0.943 bits per heavy atom. The van der Waals surface area contributed by atoms with Crippen LogP contribution in [0.25, 0.3) is 11.1 Å². The molecule has 2 amide bonds. The SMILES string of the molecule is O=C(CC1(NC(=O)OCC2c3ccccc3-c3ccccc32)CC1)NC[C@H]1CCCC[C@H]1C(=O)O. The van der Waals surface area contributed by atoms with Crippen LogP contribution in [0.15, 0.2) is 48.5 Å². The molecule has 3 N–H and O–H groups in total. The van der Waals surface area contributed by atoms with Crippen molar-refractivity contribution in [2.24, 2.45) is 11.8 Å². The van der Waals surface area contributed by atoms with E-state index in [1.165, 1.54) is 11.1 Å². The van der Waals surface area contributed by atoms with Crippen LogP contribution in [-0.2, 0) is 14.3 Å². The molecule has 35 heavy (non-hydrogen) atoms. The predicted molar refractivity (Wildman–Crippen MR) is 131 cm³/mol. The Hall–Kier alpha value is -3.35. The molecule has 0 aliphatic heterocycles. The minimum absolute atomic E-state index is 0.00993. The Kier molecular flexibility index (Phi) is 6.50. The van der Waals surface area contributed by atoms with Crippen LogP contribution in [0.5, 0.6) is 0 Å². The van der Waals surface area contributed by atoms with Gasteiger partial charge in [-0.15, -0.1) is 0 Å². The molecular weight excluding hydrogens is 444 g/mol. The number of carboxylic acids is 1. The molecule has 7 heteroatoms.